The summed E-state index contributed by atoms with van der Waals surface area (Å²) in [7, 11) is 3.76. The highest BCUT2D eigenvalue weighted by Crippen LogP contribution is 2.54. The van der Waals surface area contributed by atoms with E-state index in [-0.39, 0.29) is 8.55 Å². The fraction of sp³-hybridized carbons (Fsp3) is 0. The average molecular weight is 188 g/mol. The lowest BCUT2D eigenvalue weighted by atomic mass is 10.2. The van der Waals surface area contributed by atoms with Gasteiger partial charge in [-0.25, -0.2) is 0 Å². The molecule has 10 heavy (non-hydrogen) atoms. The normalized spacial score (nSPS) is 28.6. The SMILES string of the molecule is O=CC1=CSS2=C1C=CS2. The van der Waals surface area contributed by atoms with Crippen molar-refractivity contribution in [1.29, 1.82) is 0 Å². The molecule has 1 nitrogen and oxygen atoms in total. The Bertz CT molecular complexity index is 275. The van der Waals surface area contributed by atoms with E-state index in [1.807, 2.05) is 11.5 Å². The van der Waals surface area contributed by atoms with Crippen LogP contribution in [0.1, 0.15) is 0 Å². The van der Waals surface area contributed by atoms with E-state index < -0.39 is 0 Å². The van der Waals surface area contributed by atoms with Gasteiger partial charge in [-0.3, -0.25) is 4.79 Å². The zero-order valence-corrected chi connectivity index (χ0v) is 7.39. The second kappa shape index (κ2) is 2.60. The predicted octanol–water partition coefficient (Wildman–Crippen LogP) is 2.35. The van der Waals surface area contributed by atoms with Gasteiger partial charge >= 0.3 is 0 Å². The minimum Gasteiger partial charge on any atom is -0.298 e. The summed E-state index contributed by atoms with van der Waals surface area (Å²) in [5, 5.41) is 4.00. The van der Waals surface area contributed by atoms with Gasteiger partial charge in [-0.15, -0.1) is 0 Å². The number of carbonyl (C=O) groups excluding carboxylic acids is 1. The van der Waals surface area contributed by atoms with Gasteiger partial charge < -0.3 is 0 Å². The van der Waals surface area contributed by atoms with Crippen LogP contribution in [0.25, 0.3) is 0 Å². The predicted molar refractivity (Wildman–Crippen MR) is 51.1 cm³/mol. The van der Waals surface area contributed by atoms with E-state index in [0.29, 0.717) is 0 Å². The van der Waals surface area contributed by atoms with E-state index in [0.717, 1.165) is 11.9 Å². The lowest BCUT2D eigenvalue weighted by molar-refractivity contribution is -0.104. The molecular formula is C6H4OS3. The molecule has 0 aromatic carbocycles. The topological polar surface area (TPSA) is 17.1 Å². The molecule has 0 spiro atoms. The van der Waals surface area contributed by atoms with Crippen LogP contribution >= 0.6 is 30.1 Å². The summed E-state index contributed by atoms with van der Waals surface area (Å²) < 4.78 is 0. The van der Waals surface area contributed by atoms with Crippen molar-refractivity contribution in [2.45, 2.75) is 0 Å². The molecule has 0 fully saturated rings. The molecule has 0 aliphatic carbocycles. The van der Waals surface area contributed by atoms with E-state index in [1.165, 1.54) is 4.86 Å². The number of allylic oxidation sites excluding steroid dienone is 2. The Labute approximate surface area is 68.7 Å². The first-order valence-corrected chi connectivity index (χ1v) is 6.71. The van der Waals surface area contributed by atoms with Crippen molar-refractivity contribution >= 4 is 41.3 Å². The Balaban J connectivity index is 2.41. The van der Waals surface area contributed by atoms with Crippen LogP contribution in [0.5, 0.6) is 0 Å². The van der Waals surface area contributed by atoms with E-state index in [4.69, 9.17) is 0 Å². The summed E-state index contributed by atoms with van der Waals surface area (Å²) in [6.45, 7) is 0. The number of aldehydes is 1. The highest BCUT2D eigenvalue weighted by Gasteiger charge is 2.18. The van der Waals surface area contributed by atoms with Gasteiger partial charge in [-0.1, -0.05) is 30.1 Å². The standard InChI is InChI=1S/C6H4OS3/c7-3-5-4-9-10-6(5)1-2-8-10/h1-4H. The van der Waals surface area contributed by atoms with Crippen molar-refractivity contribution in [3.8, 4) is 0 Å². The van der Waals surface area contributed by atoms with Crippen LogP contribution in [0.2, 0.25) is 0 Å². The fourth-order valence-electron chi connectivity index (χ4n) is 0.754. The van der Waals surface area contributed by atoms with Gasteiger partial charge in [0.05, 0.1) is 0 Å². The highest BCUT2D eigenvalue weighted by atomic mass is 33.5. The zero-order chi connectivity index (χ0) is 6.97. The maximum absolute atomic E-state index is 10.4. The van der Waals surface area contributed by atoms with Crippen molar-refractivity contribution in [3.05, 3.63) is 22.5 Å². The number of rotatable bonds is 1. The maximum Gasteiger partial charge on any atom is 0.151 e. The van der Waals surface area contributed by atoms with Gasteiger partial charge in [0.1, 0.15) is 0 Å². The van der Waals surface area contributed by atoms with Gasteiger partial charge in [-0.05, 0) is 16.9 Å². The summed E-state index contributed by atoms with van der Waals surface area (Å²) in [4.78, 5) is 11.6. The van der Waals surface area contributed by atoms with E-state index >= 15 is 0 Å². The molecule has 0 radical (unpaired) electrons. The van der Waals surface area contributed by atoms with Crippen LogP contribution in [-0.4, -0.2) is 11.2 Å². The van der Waals surface area contributed by atoms with Crippen LogP contribution < -0.4 is 0 Å². The number of carbonyl (C=O) groups is 1. The van der Waals surface area contributed by atoms with Crippen LogP contribution in [-0.2, 0) is 4.79 Å². The summed E-state index contributed by atoms with van der Waals surface area (Å²) in [5.74, 6) is 0. The summed E-state index contributed by atoms with van der Waals surface area (Å²) in [6.07, 6.45) is 2.97. The third kappa shape index (κ3) is 0.909. The third-order valence-corrected chi connectivity index (χ3v) is 7.06. The molecule has 0 amide bonds. The molecule has 0 bridgehead atoms. The monoisotopic (exact) mass is 188 g/mol. The minimum atomic E-state index is 0.217. The molecule has 2 aliphatic rings. The molecule has 0 aromatic rings. The molecular weight excluding hydrogens is 184 g/mol. The summed E-state index contributed by atoms with van der Waals surface area (Å²) >= 11 is 0. The number of hydrogen-bond donors (Lipinski definition) is 0. The fourth-order valence-corrected chi connectivity index (χ4v) is 6.19. The maximum atomic E-state index is 10.4. The largest absolute Gasteiger partial charge is 0.298 e. The molecule has 2 aliphatic heterocycles. The molecule has 52 valence electrons. The first kappa shape index (κ1) is 6.76. The molecule has 1 atom stereocenters. The Morgan fingerprint density at radius 2 is 2.40 bits per heavy atom. The van der Waals surface area contributed by atoms with Gasteiger partial charge in [0.25, 0.3) is 0 Å². The smallest absolute Gasteiger partial charge is 0.151 e. The third-order valence-electron chi connectivity index (χ3n) is 1.22. The van der Waals surface area contributed by atoms with E-state index in [1.54, 1.807) is 21.6 Å². The Hall–Kier alpha value is 0.0700. The summed E-state index contributed by atoms with van der Waals surface area (Å²) in [6, 6.07) is 0. The molecule has 0 saturated carbocycles. The second-order valence-corrected chi connectivity index (χ2v) is 7.37. The van der Waals surface area contributed by atoms with Crippen LogP contribution in [0.15, 0.2) is 22.5 Å². The Morgan fingerprint density at radius 3 is 3.20 bits per heavy atom. The van der Waals surface area contributed by atoms with Crippen LogP contribution in [0.4, 0.5) is 0 Å². The second-order valence-electron chi connectivity index (χ2n) is 1.79. The van der Waals surface area contributed by atoms with Gasteiger partial charge in [0.15, 0.2) is 6.29 Å². The molecule has 2 rings (SSSR count). The molecule has 1 unspecified atom stereocenters. The first-order chi connectivity index (χ1) is 4.92. The summed E-state index contributed by atoms with van der Waals surface area (Å²) in [5.41, 5.74) is 0.870. The molecule has 0 aromatic heterocycles. The lowest BCUT2D eigenvalue weighted by Gasteiger charge is -1.91. The Morgan fingerprint density at radius 1 is 1.50 bits per heavy atom. The zero-order valence-electron chi connectivity index (χ0n) is 4.94. The average Bonchev–Trinajstić information content (AvgIpc) is 2.44. The Kier molecular flexibility index (Phi) is 1.76. The van der Waals surface area contributed by atoms with Crippen LogP contribution in [0.3, 0.4) is 0 Å². The van der Waals surface area contributed by atoms with Gasteiger partial charge in [0, 0.05) is 10.4 Å². The minimum absolute atomic E-state index is 0.217. The first-order valence-electron chi connectivity index (χ1n) is 2.69. The highest BCUT2D eigenvalue weighted by molar-refractivity contribution is 9.17. The van der Waals surface area contributed by atoms with E-state index in [2.05, 4.69) is 5.41 Å². The van der Waals surface area contributed by atoms with Crippen molar-refractivity contribution < 1.29 is 4.79 Å². The molecule has 2 heterocycles. The van der Waals surface area contributed by atoms with Crippen molar-refractivity contribution in [3.63, 3.8) is 0 Å². The van der Waals surface area contributed by atoms with Crippen molar-refractivity contribution in [2.24, 2.45) is 0 Å². The quantitative estimate of drug-likeness (QED) is 0.357. The molecule has 0 N–H and O–H groups in total. The lowest BCUT2D eigenvalue weighted by Crippen LogP contribution is -1.92. The van der Waals surface area contributed by atoms with E-state index in [9.17, 15) is 4.79 Å². The van der Waals surface area contributed by atoms with Crippen LogP contribution in [0, 0.1) is 0 Å². The molecule has 4 heteroatoms. The molecule has 0 saturated heterocycles. The van der Waals surface area contributed by atoms with Crippen molar-refractivity contribution in [2.75, 3.05) is 0 Å². The van der Waals surface area contributed by atoms with Gasteiger partial charge in [-0.2, -0.15) is 0 Å². The number of hydrogen-bond acceptors (Lipinski definition) is 3. The van der Waals surface area contributed by atoms with Crippen molar-refractivity contribution in [1.82, 2.24) is 0 Å². The van der Waals surface area contributed by atoms with Gasteiger partial charge in [0.2, 0.25) is 0 Å².